The molecule has 0 aromatic heterocycles. The minimum absolute atomic E-state index is 0.0352. The lowest BCUT2D eigenvalue weighted by atomic mass is 10.0. The van der Waals surface area contributed by atoms with E-state index < -0.39 is 28.5 Å². The summed E-state index contributed by atoms with van der Waals surface area (Å²) in [5, 5.41) is 2.98. The Hall–Kier alpha value is -4.05. The molecule has 0 unspecified atom stereocenters. The van der Waals surface area contributed by atoms with Crippen LogP contribution in [0.4, 0.5) is 5.69 Å². The van der Waals surface area contributed by atoms with Crippen LogP contribution in [-0.4, -0.2) is 57.3 Å². The zero-order valence-electron chi connectivity index (χ0n) is 23.9. The first-order valence-corrected chi connectivity index (χ1v) is 15.4. The Morgan fingerprint density at radius 3 is 2.32 bits per heavy atom. The highest BCUT2D eigenvalue weighted by Crippen LogP contribution is 2.36. The van der Waals surface area contributed by atoms with E-state index in [1.807, 2.05) is 75.4 Å². The molecule has 0 aliphatic carbocycles. The highest BCUT2D eigenvalue weighted by Gasteiger charge is 2.33. The largest absolute Gasteiger partial charge is 0.454 e. The van der Waals surface area contributed by atoms with E-state index in [9.17, 15) is 18.0 Å². The van der Waals surface area contributed by atoms with Gasteiger partial charge in [0.05, 0.1) is 11.9 Å². The van der Waals surface area contributed by atoms with E-state index in [-0.39, 0.29) is 37.3 Å². The number of nitrogens with one attached hydrogen (secondary N) is 1. The number of carbonyl (C=O) groups is 2. The highest BCUT2D eigenvalue weighted by atomic mass is 32.2. The maximum atomic E-state index is 14.2. The molecule has 3 aromatic rings. The molecule has 0 saturated heterocycles. The minimum atomic E-state index is -3.88. The summed E-state index contributed by atoms with van der Waals surface area (Å²) >= 11 is 0. The van der Waals surface area contributed by atoms with Gasteiger partial charge in [0.2, 0.25) is 28.6 Å². The Morgan fingerprint density at radius 2 is 1.63 bits per heavy atom. The summed E-state index contributed by atoms with van der Waals surface area (Å²) in [5.74, 6) is 0.311. The molecule has 1 N–H and O–H groups in total. The van der Waals surface area contributed by atoms with Gasteiger partial charge in [0, 0.05) is 25.6 Å². The molecule has 0 saturated carbocycles. The van der Waals surface area contributed by atoms with Crippen molar-refractivity contribution >= 4 is 27.5 Å². The fourth-order valence-corrected chi connectivity index (χ4v) is 5.48. The second-order valence-electron chi connectivity index (χ2n) is 10.7. The Bertz CT molecular complexity index is 1480. The number of benzene rings is 3. The number of carbonyl (C=O) groups excluding carboxylic acids is 2. The molecule has 3 aromatic carbocycles. The number of fused-ring (bicyclic) bond motifs is 1. The second-order valence-corrected chi connectivity index (χ2v) is 12.6. The molecule has 0 fully saturated rings. The van der Waals surface area contributed by atoms with Gasteiger partial charge in [0.1, 0.15) is 12.6 Å². The molecule has 1 heterocycles. The number of ether oxygens (including phenoxy) is 2. The van der Waals surface area contributed by atoms with Crippen LogP contribution >= 0.6 is 0 Å². The topological polar surface area (TPSA) is 105 Å². The van der Waals surface area contributed by atoms with Gasteiger partial charge < -0.3 is 19.7 Å². The Morgan fingerprint density at radius 1 is 0.927 bits per heavy atom. The predicted molar refractivity (Wildman–Crippen MR) is 158 cm³/mol. The van der Waals surface area contributed by atoms with Gasteiger partial charge >= 0.3 is 0 Å². The van der Waals surface area contributed by atoms with E-state index in [1.54, 1.807) is 18.2 Å². The maximum Gasteiger partial charge on any atom is 0.244 e. The average molecular weight is 580 g/mol. The Balaban J connectivity index is 1.72. The van der Waals surface area contributed by atoms with Crippen molar-refractivity contribution < 1.29 is 27.5 Å². The molecule has 218 valence electrons. The van der Waals surface area contributed by atoms with Crippen molar-refractivity contribution in [2.75, 3.05) is 30.4 Å². The molecule has 0 bridgehead atoms. The van der Waals surface area contributed by atoms with Crippen LogP contribution < -0.4 is 19.1 Å². The number of nitrogens with zero attached hydrogens (tertiary/aromatic N) is 2. The summed E-state index contributed by atoms with van der Waals surface area (Å²) in [4.78, 5) is 29.3. The normalized spacial score (nSPS) is 13.1. The zero-order chi connectivity index (χ0) is 29.6. The van der Waals surface area contributed by atoms with Gasteiger partial charge in [-0.1, -0.05) is 74.0 Å². The van der Waals surface area contributed by atoms with Gasteiger partial charge in [-0.05, 0) is 36.1 Å². The van der Waals surface area contributed by atoms with Crippen LogP contribution in [0.1, 0.15) is 30.5 Å². The molecule has 0 radical (unpaired) electrons. The van der Waals surface area contributed by atoms with E-state index in [4.69, 9.17) is 9.47 Å². The lowest BCUT2D eigenvalue weighted by Gasteiger charge is -2.33. The molecule has 0 spiro atoms. The molecular weight excluding hydrogens is 542 g/mol. The van der Waals surface area contributed by atoms with Gasteiger partial charge in [-0.15, -0.1) is 0 Å². The smallest absolute Gasteiger partial charge is 0.244 e. The van der Waals surface area contributed by atoms with Crippen LogP contribution in [0.2, 0.25) is 0 Å². The van der Waals surface area contributed by atoms with Gasteiger partial charge in [-0.2, -0.15) is 0 Å². The Kier molecular flexibility index (Phi) is 9.54. The number of hydrogen-bond acceptors (Lipinski definition) is 6. The molecule has 2 amide bonds. The maximum absolute atomic E-state index is 14.2. The number of hydrogen-bond donors (Lipinski definition) is 1. The van der Waals surface area contributed by atoms with Crippen molar-refractivity contribution in [1.82, 2.24) is 10.2 Å². The van der Waals surface area contributed by atoms with Crippen LogP contribution in [0, 0.1) is 12.8 Å². The lowest BCUT2D eigenvalue weighted by molar-refractivity contribution is -0.140. The number of anilines is 1. The fraction of sp³-hybridized carbons (Fsp3) is 0.355. The number of amides is 2. The molecule has 1 aliphatic rings. The standard InChI is InChI=1S/C31H37N3O6S/c1-22(2)18-32-31(36)27(16-24-10-6-5-7-11-24)33(19-25-12-8-9-23(3)15-25)30(35)20-34(41(4,37)38)26-13-14-28-29(17-26)40-21-39-28/h5-15,17,22,27H,16,18-21H2,1-4H3,(H,32,36)/t27-/m0/s1. The van der Waals surface area contributed by atoms with Gasteiger partial charge in [0.25, 0.3) is 0 Å². The first kappa shape index (κ1) is 29.9. The number of sulfonamides is 1. The van der Waals surface area contributed by atoms with Crippen LogP contribution in [0.3, 0.4) is 0 Å². The van der Waals surface area contributed by atoms with Crippen molar-refractivity contribution in [2.24, 2.45) is 5.92 Å². The fourth-order valence-electron chi connectivity index (χ4n) is 4.64. The van der Waals surface area contributed by atoms with Gasteiger partial charge in [0.15, 0.2) is 11.5 Å². The third-order valence-corrected chi connectivity index (χ3v) is 7.85. The first-order valence-electron chi connectivity index (χ1n) is 13.6. The summed E-state index contributed by atoms with van der Waals surface area (Å²) < 4.78 is 37.8. The van der Waals surface area contributed by atoms with Crippen molar-refractivity contribution in [1.29, 1.82) is 0 Å². The van der Waals surface area contributed by atoms with Crippen molar-refractivity contribution in [2.45, 2.75) is 39.8 Å². The monoisotopic (exact) mass is 579 g/mol. The number of rotatable bonds is 12. The third kappa shape index (κ3) is 8.00. The van der Waals surface area contributed by atoms with Crippen LogP contribution in [0.5, 0.6) is 11.5 Å². The molecule has 41 heavy (non-hydrogen) atoms. The molecule has 9 nitrogen and oxygen atoms in total. The highest BCUT2D eigenvalue weighted by molar-refractivity contribution is 7.92. The van der Waals surface area contributed by atoms with E-state index >= 15 is 0 Å². The Labute approximate surface area is 242 Å². The second kappa shape index (κ2) is 13.1. The van der Waals surface area contributed by atoms with Crippen molar-refractivity contribution in [3.8, 4) is 11.5 Å². The molecule has 10 heteroatoms. The SMILES string of the molecule is Cc1cccc(CN(C(=O)CN(c2ccc3c(c2)OCO3)S(C)(=O)=O)[C@@H](Cc2ccccc2)C(=O)NCC(C)C)c1. The van der Waals surface area contributed by atoms with Gasteiger partial charge in [-0.25, -0.2) is 8.42 Å². The first-order chi connectivity index (χ1) is 19.5. The lowest BCUT2D eigenvalue weighted by Crippen LogP contribution is -2.53. The molecular formula is C31H37N3O6S. The quantitative estimate of drug-likeness (QED) is 0.349. The summed E-state index contributed by atoms with van der Waals surface area (Å²) in [6.45, 7) is 6.07. The van der Waals surface area contributed by atoms with E-state index in [0.29, 0.717) is 18.0 Å². The van der Waals surface area contributed by atoms with E-state index in [2.05, 4.69) is 5.32 Å². The summed E-state index contributed by atoms with van der Waals surface area (Å²) in [6, 6.07) is 21.0. The molecule has 4 rings (SSSR count). The van der Waals surface area contributed by atoms with Gasteiger partial charge in [-0.3, -0.25) is 13.9 Å². The van der Waals surface area contributed by atoms with Crippen LogP contribution in [0.25, 0.3) is 0 Å². The van der Waals surface area contributed by atoms with Crippen molar-refractivity contribution in [3.63, 3.8) is 0 Å². The average Bonchev–Trinajstić information content (AvgIpc) is 3.40. The third-order valence-electron chi connectivity index (χ3n) is 6.71. The van der Waals surface area contributed by atoms with Crippen LogP contribution in [-0.2, 0) is 32.6 Å². The summed E-state index contributed by atoms with van der Waals surface area (Å²) in [7, 11) is -3.88. The number of aryl methyl sites for hydroxylation is 1. The predicted octanol–water partition coefficient (Wildman–Crippen LogP) is 3.90. The summed E-state index contributed by atoms with van der Waals surface area (Å²) in [5.41, 5.74) is 3.00. The van der Waals surface area contributed by atoms with E-state index in [0.717, 1.165) is 27.3 Å². The summed E-state index contributed by atoms with van der Waals surface area (Å²) in [6.07, 6.45) is 1.32. The molecule has 1 aliphatic heterocycles. The van der Waals surface area contributed by atoms with Crippen molar-refractivity contribution in [3.05, 3.63) is 89.5 Å². The van der Waals surface area contributed by atoms with Crippen LogP contribution in [0.15, 0.2) is 72.8 Å². The van der Waals surface area contributed by atoms with E-state index in [1.165, 1.54) is 4.90 Å². The molecule has 1 atom stereocenters. The zero-order valence-corrected chi connectivity index (χ0v) is 24.7. The minimum Gasteiger partial charge on any atom is -0.454 e.